The molecule has 0 spiro atoms. The van der Waals surface area contributed by atoms with E-state index in [1.807, 2.05) is 0 Å². The van der Waals surface area contributed by atoms with Crippen LogP contribution in [-0.4, -0.2) is 42.2 Å². The summed E-state index contributed by atoms with van der Waals surface area (Å²) in [6.45, 7) is 2.87. The molecule has 1 aliphatic heterocycles. The molecule has 1 aliphatic rings. The third-order valence-corrected chi connectivity index (χ3v) is 2.88. The van der Waals surface area contributed by atoms with Crippen LogP contribution in [0.1, 0.15) is 19.8 Å². The smallest absolute Gasteiger partial charge is 0.240 e. The van der Waals surface area contributed by atoms with Gasteiger partial charge in [-0.1, -0.05) is 0 Å². The van der Waals surface area contributed by atoms with E-state index in [9.17, 15) is 9.59 Å². The second-order valence-electron chi connectivity index (χ2n) is 3.85. The second kappa shape index (κ2) is 5.35. The molecule has 1 heterocycles. The van der Waals surface area contributed by atoms with Crippen LogP contribution < -0.4 is 5.32 Å². The van der Waals surface area contributed by atoms with Gasteiger partial charge in [-0.2, -0.15) is 0 Å². The second-order valence-corrected chi connectivity index (χ2v) is 4.51. The van der Waals surface area contributed by atoms with E-state index in [4.69, 9.17) is 11.6 Å². The molecule has 86 valence electrons. The van der Waals surface area contributed by atoms with Gasteiger partial charge in [-0.25, -0.2) is 0 Å². The molecule has 0 aromatic rings. The maximum atomic E-state index is 11.6. The van der Waals surface area contributed by atoms with Crippen molar-refractivity contribution in [3.63, 3.8) is 0 Å². The molecule has 1 fully saturated rings. The van der Waals surface area contributed by atoms with Gasteiger partial charge >= 0.3 is 0 Å². The van der Waals surface area contributed by atoms with Gasteiger partial charge in [0.2, 0.25) is 11.8 Å². The fraction of sp³-hybridized carbons (Fsp3) is 0.800. The summed E-state index contributed by atoms with van der Waals surface area (Å²) in [7, 11) is 1.62. The minimum atomic E-state index is -0.506. The fourth-order valence-electron chi connectivity index (χ4n) is 1.85. The van der Waals surface area contributed by atoms with Crippen molar-refractivity contribution in [2.24, 2.45) is 5.92 Å². The number of alkyl halides is 1. The molecule has 0 bridgehead atoms. The minimum absolute atomic E-state index is 0.00901. The van der Waals surface area contributed by atoms with E-state index in [0.717, 1.165) is 12.8 Å². The molecular weight excluding hydrogens is 216 g/mol. The van der Waals surface area contributed by atoms with Crippen molar-refractivity contribution < 1.29 is 9.59 Å². The topological polar surface area (TPSA) is 49.4 Å². The number of halogens is 1. The lowest BCUT2D eigenvalue weighted by Gasteiger charge is -2.32. The molecule has 2 atom stereocenters. The summed E-state index contributed by atoms with van der Waals surface area (Å²) in [6, 6.07) is 0. The van der Waals surface area contributed by atoms with E-state index in [1.165, 1.54) is 0 Å². The number of likely N-dealkylation sites (tertiary alicyclic amines) is 1. The van der Waals surface area contributed by atoms with Gasteiger partial charge in [-0.15, -0.1) is 11.6 Å². The highest BCUT2D eigenvalue weighted by atomic mass is 35.5. The van der Waals surface area contributed by atoms with Crippen LogP contribution in [0.5, 0.6) is 0 Å². The van der Waals surface area contributed by atoms with Crippen molar-refractivity contribution in [3.8, 4) is 0 Å². The van der Waals surface area contributed by atoms with Crippen molar-refractivity contribution >= 4 is 23.4 Å². The Hall–Kier alpha value is -0.770. The Morgan fingerprint density at radius 1 is 1.53 bits per heavy atom. The lowest BCUT2D eigenvalue weighted by atomic mass is 9.97. The first-order valence-electron chi connectivity index (χ1n) is 5.20. The van der Waals surface area contributed by atoms with Crippen LogP contribution in [0.4, 0.5) is 0 Å². The van der Waals surface area contributed by atoms with Crippen molar-refractivity contribution in [1.82, 2.24) is 10.2 Å². The molecular formula is C10H17ClN2O2. The van der Waals surface area contributed by atoms with Crippen LogP contribution in [-0.2, 0) is 9.59 Å². The summed E-state index contributed by atoms with van der Waals surface area (Å²) in [6.07, 6.45) is 1.72. The Balaban J connectivity index is 2.56. The van der Waals surface area contributed by atoms with Crippen LogP contribution in [0.3, 0.4) is 0 Å². The van der Waals surface area contributed by atoms with Gasteiger partial charge in [0.25, 0.3) is 0 Å². The number of carbonyl (C=O) groups is 2. The largest absolute Gasteiger partial charge is 0.359 e. The zero-order valence-corrected chi connectivity index (χ0v) is 9.88. The van der Waals surface area contributed by atoms with Gasteiger partial charge in [0.05, 0.1) is 5.92 Å². The molecule has 0 aliphatic carbocycles. The molecule has 0 radical (unpaired) electrons. The Morgan fingerprint density at radius 2 is 2.20 bits per heavy atom. The minimum Gasteiger partial charge on any atom is -0.359 e. The molecule has 2 unspecified atom stereocenters. The van der Waals surface area contributed by atoms with Crippen LogP contribution in [0, 0.1) is 5.92 Å². The predicted octanol–water partition coefficient (Wildman–Crippen LogP) is 0.598. The number of piperidine rings is 1. The monoisotopic (exact) mass is 232 g/mol. The summed E-state index contributed by atoms with van der Waals surface area (Å²) in [5.41, 5.74) is 0. The number of hydrogen-bond donors (Lipinski definition) is 1. The maximum absolute atomic E-state index is 11.6. The van der Waals surface area contributed by atoms with Crippen LogP contribution in [0.2, 0.25) is 0 Å². The third-order valence-electron chi connectivity index (χ3n) is 2.69. The lowest BCUT2D eigenvalue weighted by molar-refractivity contribution is -0.135. The standard InChI is InChI=1S/C10H17ClN2O2/c1-7(11)10(15)13-5-3-4-8(6-13)9(14)12-2/h7-8H,3-6H2,1-2H3,(H,12,14). The quantitative estimate of drug-likeness (QED) is 0.709. The van der Waals surface area contributed by atoms with Crippen molar-refractivity contribution in [3.05, 3.63) is 0 Å². The highest BCUT2D eigenvalue weighted by Gasteiger charge is 2.29. The van der Waals surface area contributed by atoms with Gasteiger partial charge in [0.15, 0.2) is 0 Å². The summed E-state index contributed by atoms with van der Waals surface area (Å²) >= 11 is 5.73. The Morgan fingerprint density at radius 3 is 2.73 bits per heavy atom. The number of nitrogens with one attached hydrogen (secondary N) is 1. The summed E-state index contributed by atoms with van der Waals surface area (Å²) in [5.74, 6) is -0.150. The molecule has 0 saturated carbocycles. The van der Waals surface area contributed by atoms with E-state index in [-0.39, 0.29) is 17.7 Å². The lowest BCUT2D eigenvalue weighted by Crippen LogP contribution is -2.46. The summed E-state index contributed by atoms with van der Waals surface area (Å²) < 4.78 is 0. The maximum Gasteiger partial charge on any atom is 0.240 e. The number of amides is 2. The number of hydrogen-bond acceptors (Lipinski definition) is 2. The first-order chi connectivity index (χ1) is 7.06. The highest BCUT2D eigenvalue weighted by Crippen LogP contribution is 2.18. The molecule has 1 N–H and O–H groups in total. The predicted molar refractivity (Wildman–Crippen MR) is 58.7 cm³/mol. The molecule has 15 heavy (non-hydrogen) atoms. The molecule has 5 heteroatoms. The van der Waals surface area contributed by atoms with Crippen molar-refractivity contribution in [1.29, 1.82) is 0 Å². The van der Waals surface area contributed by atoms with Gasteiger partial charge < -0.3 is 10.2 Å². The molecule has 4 nitrogen and oxygen atoms in total. The van der Waals surface area contributed by atoms with Gasteiger partial charge in [0, 0.05) is 20.1 Å². The SMILES string of the molecule is CNC(=O)C1CCCN(C(=O)C(C)Cl)C1. The van der Waals surface area contributed by atoms with Crippen LogP contribution >= 0.6 is 11.6 Å². The van der Waals surface area contributed by atoms with E-state index in [1.54, 1.807) is 18.9 Å². The summed E-state index contributed by atoms with van der Waals surface area (Å²) in [4.78, 5) is 24.7. The summed E-state index contributed by atoms with van der Waals surface area (Å²) in [5, 5.41) is 2.11. The molecule has 0 aromatic heterocycles. The van der Waals surface area contributed by atoms with Crippen molar-refractivity contribution in [2.75, 3.05) is 20.1 Å². The Labute approximate surface area is 95.0 Å². The average molecular weight is 233 g/mol. The fourth-order valence-corrected chi connectivity index (χ4v) is 1.99. The molecule has 0 aromatic carbocycles. The highest BCUT2D eigenvalue weighted by molar-refractivity contribution is 6.30. The zero-order chi connectivity index (χ0) is 11.4. The average Bonchev–Trinajstić information content (AvgIpc) is 2.27. The van der Waals surface area contributed by atoms with Gasteiger partial charge in [-0.05, 0) is 19.8 Å². The van der Waals surface area contributed by atoms with Gasteiger partial charge in [-0.3, -0.25) is 9.59 Å². The van der Waals surface area contributed by atoms with E-state index in [2.05, 4.69) is 5.32 Å². The molecule has 1 rings (SSSR count). The number of rotatable bonds is 2. The third kappa shape index (κ3) is 3.09. The zero-order valence-electron chi connectivity index (χ0n) is 9.12. The normalized spacial score (nSPS) is 23.4. The first kappa shape index (κ1) is 12.3. The van der Waals surface area contributed by atoms with Crippen molar-refractivity contribution in [2.45, 2.75) is 25.1 Å². The molecule has 1 saturated heterocycles. The van der Waals surface area contributed by atoms with Gasteiger partial charge in [0.1, 0.15) is 5.38 Å². The molecule has 2 amide bonds. The van der Waals surface area contributed by atoms with Crippen LogP contribution in [0.15, 0.2) is 0 Å². The number of carbonyl (C=O) groups excluding carboxylic acids is 2. The number of nitrogens with zero attached hydrogens (tertiary/aromatic N) is 1. The van der Waals surface area contributed by atoms with E-state index >= 15 is 0 Å². The first-order valence-corrected chi connectivity index (χ1v) is 5.64. The van der Waals surface area contributed by atoms with Crippen LogP contribution in [0.25, 0.3) is 0 Å². The Bertz CT molecular complexity index is 256. The van der Waals surface area contributed by atoms with E-state index < -0.39 is 5.38 Å². The Kier molecular flexibility index (Phi) is 4.39. The van der Waals surface area contributed by atoms with E-state index in [0.29, 0.717) is 13.1 Å².